The number of aryl methyl sites for hydroxylation is 1. The van der Waals surface area contributed by atoms with E-state index in [1.807, 2.05) is 19.1 Å². The average molecular weight is 357 g/mol. The van der Waals surface area contributed by atoms with Crippen LogP contribution in [0.3, 0.4) is 0 Å². The Hall–Kier alpha value is -1.89. The normalized spacial score (nSPS) is 9.86. The van der Waals surface area contributed by atoms with E-state index in [1.165, 1.54) is 0 Å². The summed E-state index contributed by atoms with van der Waals surface area (Å²) >= 11 is 3.34. The fourth-order valence-electron chi connectivity index (χ4n) is 1.44. The summed E-state index contributed by atoms with van der Waals surface area (Å²) in [4.78, 5) is 33.9. The molecule has 0 atom stereocenters. The summed E-state index contributed by atoms with van der Waals surface area (Å²) < 4.78 is 5.57. The second kappa shape index (κ2) is 8.41. The molecule has 7 heteroatoms. The number of anilines is 1. The van der Waals surface area contributed by atoms with E-state index >= 15 is 0 Å². The molecule has 0 heterocycles. The highest BCUT2D eigenvalue weighted by Crippen LogP contribution is 2.19. The van der Waals surface area contributed by atoms with E-state index in [2.05, 4.69) is 31.3 Å². The number of carbonyl (C=O) groups is 3. The molecule has 0 aliphatic carbocycles. The summed E-state index contributed by atoms with van der Waals surface area (Å²) in [6.07, 6.45) is 0.205. The fraction of sp³-hybridized carbons (Fsp3) is 0.357. The van der Waals surface area contributed by atoms with Crippen LogP contribution in [0, 0.1) is 6.92 Å². The zero-order chi connectivity index (χ0) is 15.8. The minimum atomic E-state index is -0.514. The number of halogens is 1. The molecular formula is C14H17BrN2O4. The Morgan fingerprint density at radius 3 is 2.57 bits per heavy atom. The Morgan fingerprint density at radius 1 is 1.24 bits per heavy atom. The summed E-state index contributed by atoms with van der Waals surface area (Å²) in [5, 5.41) is 5.06. The molecule has 6 nitrogen and oxygen atoms in total. The lowest BCUT2D eigenvalue weighted by molar-refractivity contribution is -0.148. The minimum Gasteiger partial charge on any atom is -0.456 e. The third kappa shape index (κ3) is 6.40. The number of amides is 2. The van der Waals surface area contributed by atoms with Crippen molar-refractivity contribution in [2.75, 3.05) is 18.5 Å². The van der Waals surface area contributed by atoms with Crippen molar-refractivity contribution in [3.63, 3.8) is 0 Å². The summed E-state index contributed by atoms with van der Waals surface area (Å²) in [5.41, 5.74) is 1.58. The monoisotopic (exact) mass is 356 g/mol. The van der Waals surface area contributed by atoms with Crippen molar-refractivity contribution >= 4 is 39.4 Å². The molecule has 2 amide bonds. The van der Waals surface area contributed by atoms with Crippen LogP contribution in [0.1, 0.15) is 18.9 Å². The quantitative estimate of drug-likeness (QED) is 0.760. The van der Waals surface area contributed by atoms with Gasteiger partial charge in [-0.15, -0.1) is 0 Å². The summed E-state index contributed by atoms with van der Waals surface area (Å²) in [5.74, 6) is -1.32. The summed E-state index contributed by atoms with van der Waals surface area (Å²) in [7, 11) is 0. The highest BCUT2D eigenvalue weighted by Gasteiger charge is 2.09. The Bertz CT molecular complexity index is 546. The van der Waals surface area contributed by atoms with Crippen LogP contribution in [0.25, 0.3) is 0 Å². The van der Waals surface area contributed by atoms with Crippen LogP contribution in [0.5, 0.6) is 0 Å². The van der Waals surface area contributed by atoms with Crippen molar-refractivity contribution in [1.82, 2.24) is 5.32 Å². The maximum atomic E-state index is 11.7. The van der Waals surface area contributed by atoms with E-state index in [0.717, 1.165) is 10.0 Å². The zero-order valence-electron chi connectivity index (χ0n) is 11.9. The largest absolute Gasteiger partial charge is 0.456 e. The zero-order valence-corrected chi connectivity index (χ0v) is 13.5. The van der Waals surface area contributed by atoms with Gasteiger partial charge in [0.2, 0.25) is 5.91 Å². The van der Waals surface area contributed by atoms with Crippen LogP contribution < -0.4 is 10.6 Å². The number of hydrogen-bond donors (Lipinski definition) is 2. The van der Waals surface area contributed by atoms with Crippen molar-refractivity contribution in [2.45, 2.75) is 20.3 Å². The number of esters is 1. The molecule has 0 bridgehead atoms. The van der Waals surface area contributed by atoms with Gasteiger partial charge < -0.3 is 15.4 Å². The molecule has 0 saturated carbocycles. The first kappa shape index (κ1) is 17.2. The molecule has 0 aliphatic rings. The maximum Gasteiger partial charge on any atom is 0.306 e. The minimum absolute atomic E-state index is 0.183. The highest BCUT2D eigenvalue weighted by molar-refractivity contribution is 9.10. The predicted octanol–water partition coefficient (Wildman–Crippen LogP) is 1.77. The molecule has 0 radical (unpaired) electrons. The molecular weight excluding hydrogens is 340 g/mol. The third-order valence-electron chi connectivity index (χ3n) is 2.56. The molecule has 0 aliphatic heterocycles. The van der Waals surface area contributed by atoms with Crippen molar-refractivity contribution in [3.05, 3.63) is 28.2 Å². The number of benzene rings is 1. The van der Waals surface area contributed by atoms with Crippen LogP contribution in [0.4, 0.5) is 5.69 Å². The smallest absolute Gasteiger partial charge is 0.306 e. The van der Waals surface area contributed by atoms with Crippen molar-refractivity contribution in [1.29, 1.82) is 0 Å². The second-order valence-corrected chi connectivity index (χ2v) is 5.21. The van der Waals surface area contributed by atoms with Gasteiger partial charge in [0.15, 0.2) is 6.61 Å². The summed E-state index contributed by atoms with van der Waals surface area (Å²) in [6.45, 7) is 2.94. The van der Waals surface area contributed by atoms with Crippen LogP contribution in [0.15, 0.2) is 22.7 Å². The molecule has 0 aromatic heterocycles. The van der Waals surface area contributed by atoms with Gasteiger partial charge in [-0.25, -0.2) is 0 Å². The van der Waals surface area contributed by atoms with Gasteiger partial charge in [-0.3, -0.25) is 14.4 Å². The molecule has 0 spiro atoms. The lowest BCUT2D eigenvalue weighted by atomic mass is 10.2. The van der Waals surface area contributed by atoms with Gasteiger partial charge in [-0.2, -0.15) is 0 Å². The topological polar surface area (TPSA) is 84.5 Å². The number of ether oxygens (including phenoxy) is 1. The lowest BCUT2D eigenvalue weighted by Crippen LogP contribution is -2.35. The number of rotatable bonds is 6. The van der Waals surface area contributed by atoms with E-state index in [9.17, 15) is 14.4 Å². The number of carbonyl (C=O) groups excluding carboxylic acids is 3. The fourth-order valence-corrected chi connectivity index (χ4v) is 1.92. The second-order valence-electron chi connectivity index (χ2n) is 4.30. The number of hydrogen-bond acceptors (Lipinski definition) is 4. The van der Waals surface area contributed by atoms with Gasteiger partial charge in [0, 0.05) is 16.6 Å². The van der Waals surface area contributed by atoms with Gasteiger partial charge >= 0.3 is 5.97 Å². The van der Waals surface area contributed by atoms with Crippen LogP contribution in [-0.2, 0) is 19.1 Å². The molecule has 2 N–H and O–H groups in total. The standard InChI is InChI=1S/C14H17BrN2O4/c1-3-14(20)21-8-13(19)16-7-12(18)17-11-5-4-10(15)6-9(11)2/h4-6H,3,7-8H2,1-2H3,(H,16,19)(H,17,18). The van der Waals surface area contributed by atoms with E-state index < -0.39 is 11.9 Å². The first-order valence-electron chi connectivity index (χ1n) is 6.40. The Balaban J connectivity index is 2.37. The molecule has 1 aromatic rings. The van der Waals surface area contributed by atoms with E-state index in [-0.39, 0.29) is 25.5 Å². The molecule has 1 aromatic carbocycles. The maximum absolute atomic E-state index is 11.7. The van der Waals surface area contributed by atoms with Crippen molar-refractivity contribution in [2.24, 2.45) is 0 Å². The van der Waals surface area contributed by atoms with E-state index in [4.69, 9.17) is 0 Å². The van der Waals surface area contributed by atoms with Gasteiger partial charge in [-0.05, 0) is 30.7 Å². The molecule has 1 rings (SSSR count). The molecule has 21 heavy (non-hydrogen) atoms. The number of nitrogens with one attached hydrogen (secondary N) is 2. The van der Waals surface area contributed by atoms with Crippen LogP contribution in [0.2, 0.25) is 0 Å². The third-order valence-corrected chi connectivity index (χ3v) is 3.05. The molecule has 0 saturated heterocycles. The van der Waals surface area contributed by atoms with Crippen molar-refractivity contribution in [3.8, 4) is 0 Å². The van der Waals surface area contributed by atoms with Gasteiger partial charge in [0.05, 0.1) is 6.54 Å². The van der Waals surface area contributed by atoms with Crippen molar-refractivity contribution < 1.29 is 19.1 Å². The van der Waals surface area contributed by atoms with Crippen LogP contribution >= 0.6 is 15.9 Å². The first-order chi connectivity index (χ1) is 9.92. The summed E-state index contributed by atoms with van der Waals surface area (Å²) in [6, 6.07) is 5.45. The Labute approximate surface area is 131 Å². The van der Waals surface area contributed by atoms with Gasteiger partial charge in [0.1, 0.15) is 0 Å². The molecule has 0 fully saturated rings. The highest BCUT2D eigenvalue weighted by atomic mass is 79.9. The van der Waals surface area contributed by atoms with E-state index in [1.54, 1.807) is 13.0 Å². The Kier molecular flexibility index (Phi) is 6.87. The van der Waals surface area contributed by atoms with Gasteiger partial charge in [-0.1, -0.05) is 22.9 Å². The lowest BCUT2D eigenvalue weighted by Gasteiger charge is -2.09. The SMILES string of the molecule is CCC(=O)OCC(=O)NCC(=O)Nc1ccc(Br)cc1C. The average Bonchev–Trinajstić information content (AvgIpc) is 2.45. The molecule has 114 valence electrons. The molecule has 0 unspecified atom stereocenters. The van der Waals surface area contributed by atoms with E-state index in [0.29, 0.717) is 5.69 Å². The Morgan fingerprint density at radius 2 is 1.95 bits per heavy atom. The van der Waals surface area contributed by atoms with Gasteiger partial charge in [0.25, 0.3) is 5.91 Å². The van der Waals surface area contributed by atoms with Crippen LogP contribution in [-0.4, -0.2) is 30.9 Å². The first-order valence-corrected chi connectivity index (χ1v) is 7.20. The predicted molar refractivity (Wildman–Crippen MR) is 81.8 cm³/mol.